The van der Waals surface area contributed by atoms with Gasteiger partial charge in [-0.05, 0) is 49.8 Å². The summed E-state index contributed by atoms with van der Waals surface area (Å²) in [6.07, 6.45) is 3.48. The summed E-state index contributed by atoms with van der Waals surface area (Å²) >= 11 is 8.96. The molecule has 19 heavy (non-hydrogen) atoms. The molecule has 0 spiro atoms. The van der Waals surface area contributed by atoms with E-state index in [1.807, 2.05) is 5.51 Å². The molecule has 102 valence electrons. The van der Waals surface area contributed by atoms with Crippen molar-refractivity contribution in [3.05, 3.63) is 50.4 Å². The average molecular weight is 403 g/mol. The van der Waals surface area contributed by atoms with Crippen molar-refractivity contribution in [3.63, 3.8) is 0 Å². The largest absolute Gasteiger partial charge is 0.250 e. The zero-order valence-corrected chi connectivity index (χ0v) is 14.9. The van der Waals surface area contributed by atoms with Crippen molar-refractivity contribution in [3.8, 4) is 0 Å². The lowest BCUT2D eigenvalue weighted by atomic mass is 9.96. The number of aryl methyl sites for hydroxylation is 2. The standard InChI is InChI=1S/C15H17Br2NS/c1-11-15(19-10-18-11)6-5-13(9-16)7-12-3-2-4-14(17)8-12/h2-4,8,10,13H,5-7,9H2,1H3. The number of benzene rings is 1. The van der Waals surface area contributed by atoms with Gasteiger partial charge in [0, 0.05) is 14.7 Å². The Balaban J connectivity index is 1.92. The minimum Gasteiger partial charge on any atom is -0.250 e. The van der Waals surface area contributed by atoms with E-state index >= 15 is 0 Å². The summed E-state index contributed by atoms with van der Waals surface area (Å²) < 4.78 is 1.16. The first-order valence-corrected chi connectivity index (χ1v) is 9.18. The summed E-state index contributed by atoms with van der Waals surface area (Å²) in [5, 5.41) is 1.05. The zero-order chi connectivity index (χ0) is 13.7. The van der Waals surface area contributed by atoms with Crippen LogP contribution in [0.25, 0.3) is 0 Å². The monoisotopic (exact) mass is 401 g/mol. The Bertz CT molecular complexity index is 524. The Morgan fingerprint density at radius 3 is 2.84 bits per heavy atom. The Kier molecular flexibility index (Phi) is 6.05. The second kappa shape index (κ2) is 7.55. The predicted molar refractivity (Wildman–Crippen MR) is 90.3 cm³/mol. The molecule has 1 unspecified atom stereocenters. The summed E-state index contributed by atoms with van der Waals surface area (Å²) in [5.74, 6) is 0.677. The number of rotatable bonds is 6. The van der Waals surface area contributed by atoms with Crippen molar-refractivity contribution in [2.75, 3.05) is 5.33 Å². The highest BCUT2D eigenvalue weighted by Crippen LogP contribution is 2.22. The molecule has 0 bridgehead atoms. The molecule has 1 heterocycles. The highest BCUT2D eigenvalue weighted by Gasteiger charge is 2.11. The summed E-state index contributed by atoms with van der Waals surface area (Å²) in [4.78, 5) is 5.75. The van der Waals surface area contributed by atoms with E-state index in [0.29, 0.717) is 5.92 Å². The van der Waals surface area contributed by atoms with E-state index in [1.165, 1.54) is 22.6 Å². The van der Waals surface area contributed by atoms with Crippen molar-refractivity contribution in [1.29, 1.82) is 0 Å². The number of hydrogen-bond donors (Lipinski definition) is 0. The van der Waals surface area contributed by atoms with Gasteiger partial charge in [0.05, 0.1) is 11.2 Å². The van der Waals surface area contributed by atoms with Gasteiger partial charge >= 0.3 is 0 Å². The molecule has 0 saturated heterocycles. The van der Waals surface area contributed by atoms with Crippen LogP contribution in [0.2, 0.25) is 0 Å². The van der Waals surface area contributed by atoms with E-state index in [0.717, 1.165) is 22.6 Å². The molecule has 0 radical (unpaired) electrons. The van der Waals surface area contributed by atoms with Crippen LogP contribution in [0.5, 0.6) is 0 Å². The van der Waals surface area contributed by atoms with E-state index in [2.05, 4.69) is 68.0 Å². The summed E-state index contributed by atoms with van der Waals surface area (Å²) in [6.45, 7) is 2.10. The molecular weight excluding hydrogens is 386 g/mol. The predicted octanol–water partition coefficient (Wildman–Crippen LogP) is 5.40. The summed E-state index contributed by atoms with van der Waals surface area (Å²) in [6, 6.07) is 8.61. The third-order valence-electron chi connectivity index (χ3n) is 3.26. The average Bonchev–Trinajstić information content (AvgIpc) is 2.80. The minimum atomic E-state index is 0.677. The number of alkyl halides is 1. The van der Waals surface area contributed by atoms with E-state index in [-0.39, 0.29) is 0 Å². The molecule has 4 heteroatoms. The molecule has 0 aliphatic heterocycles. The first-order chi connectivity index (χ1) is 9.19. The topological polar surface area (TPSA) is 12.9 Å². The van der Waals surface area contributed by atoms with Gasteiger partial charge in [-0.2, -0.15) is 0 Å². The molecule has 1 atom stereocenters. The van der Waals surface area contributed by atoms with Gasteiger partial charge < -0.3 is 0 Å². The van der Waals surface area contributed by atoms with E-state index < -0.39 is 0 Å². The van der Waals surface area contributed by atoms with Crippen LogP contribution in [-0.2, 0) is 12.8 Å². The Hall–Kier alpha value is -0.190. The minimum absolute atomic E-state index is 0.677. The van der Waals surface area contributed by atoms with Gasteiger partial charge in [0.2, 0.25) is 0 Å². The quantitative estimate of drug-likeness (QED) is 0.589. The number of hydrogen-bond acceptors (Lipinski definition) is 2. The number of thiazole rings is 1. The third kappa shape index (κ3) is 4.69. The van der Waals surface area contributed by atoms with Gasteiger partial charge in [0.1, 0.15) is 0 Å². The van der Waals surface area contributed by atoms with Crippen LogP contribution in [0.3, 0.4) is 0 Å². The molecule has 1 aromatic heterocycles. The smallest absolute Gasteiger partial charge is 0.0797 e. The number of nitrogens with zero attached hydrogens (tertiary/aromatic N) is 1. The van der Waals surface area contributed by atoms with Gasteiger partial charge in [-0.1, -0.05) is 44.0 Å². The fourth-order valence-corrected chi connectivity index (χ4v) is 3.93. The SMILES string of the molecule is Cc1ncsc1CCC(CBr)Cc1cccc(Br)c1. The van der Waals surface area contributed by atoms with Crippen molar-refractivity contribution in [1.82, 2.24) is 4.98 Å². The normalized spacial score (nSPS) is 12.6. The maximum absolute atomic E-state index is 4.32. The lowest BCUT2D eigenvalue weighted by Crippen LogP contribution is -2.07. The second-order valence-electron chi connectivity index (χ2n) is 4.75. The van der Waals surface area contributed by atoms with Crippen LogP contribution in [-0.4, -0.2) is 10.3 Å². The lowest BCUT2D eigenvalue weighted by molar-refractivity contribution is 0.544. The Labute approximate surface area is 135 Å². The molecule has 0 amide bonds. The van der Waals surface area contributed by atoms with Crippen molar-refractivity contribution < 1.29 is 0 Å². The second-order valence-corrected chi connectivity index (χ2v) is 7.26. The first-order valence-electron chi connectivity index (χ1n) is 6.38. The maximum Gasteiger partial charge on any atom is 0.0797 e. The third-order valence-corrected chi connectivity index (χ3v) is 5.66. The molecule has 0 aliphatic carbocycles. The highest BCUT2D eigenvalue weighted by atomic mass is 79.9. The number of aromatic nitrogens is 1. The molecule has 1 nitrogen and oxygen atoms in total. The summed E-state index contributed by atoms with van der Waals surface area (Å²) in [5.41, 5.74) is 4.54. The molecule has 1 aromatic carbocycles. The fourth-order valence-electron chi connectivity index (χ4n) is 2.13. The van der Waals surface area contributed by atoms with E-state index in [4.69, 9.17) is 0 Å². The Morgan fingerprint density at radius 2 is 2.21 bits per heavy atom. The summed E-state index contributed by atoms with van der Waals surface area (Å²) in [7, 11) is 0. The van der Waals surface area contributed by atoms with Gasteiger partial charge in [0.15, 0.2) is 0 Å². The molecular formula is C15H17Br2NS. The van der Waals surface area contributed by atoms with Crippen LogP contribution < -0.4 is 0 Å². The van der Waals surface area contributed by atoms with E-state index in [1.54, 1.807) is 11.3 Å². The molecule has 2 rings (SSSR count). The maximum atomic E-state index is 4.32. The van der Waals surface area contributed by atoms with E-state index in [9.17, 15) is 0 Å². The molecule has 2 aromatic rings. The van der Waals surface area contributed by atoms with Gasteiger partial charge in [-0.3, -0.25) is 0 Å². The van der Waals surface area contributed by atoms with Crippen LogP contribution in [0.1, 0.15) is 22.6 Å². The number of halogens is 2. The van der Waals surface area contributed by atoms with Crippen molar-refractivity contribution in [2.24, 2.45) is 5.92 Å². The molecule has 0 aliphatic rings. The lowest BCUT2D eigenvalue weighted by Gasteiger charge is -2.14. The molecule has 0 N–H and O–H groups in total. The van der Waals surface area contributed by atoms with Crippen molar-refractivity contribution in [2.45, 2.75) is 26.2 Å². The van der Waals surface area contributed by atoms with Crippen molar-refractivity contribution >= 4 is 43.2 Å². The highest BCUT2D eigenvalue weighted by molar-refractivity contribution is 9.10. The van der Waals surface area contributed by atoms with Crippen LogP contribution in [0.15, 0.2) is 34.2 Å². The van der Waals surface area contributed by atoms with Gasteiger partial charge in [0.25, 0.3) is 0 Å². The van der Waals surface area contributed by atoms with Gasteiger partial charge in [-0.15, -0.1) is 11.3 Å². The van der Waals surface area contributed by atoms with Crippen LogP contribution in [0.4, 0.5) is 0 Å². The molecule has 0 fully saturated rings. The van der Waals surface area contributed by atoms with Crippen LogP contribution in [0, 0.1) is 12.8 Å². The molecule has 0 saturated carbocycles. The zero-order valence-electron chi connectivity index (χ0n) is 10.9. The van der Waals surface area contributed by atoms with Gasteiger partial charge in [-0.25, -0.2) is 4.98 Å². The fraction of sp³-hybridized carbons (Fsp3) is 0.400. The Morgan fingerprint density at radius 1 is 1.37 bits per heavy atom. The van der Waals surface area contributed by atoms with Crippen LogP contribution >= 0.6 is 43.2 Å². The first kappa shape index (κ1) is 15.2.